The number of halogens is 1. The smallest absolute Gasteiger partial charge is 0.127 e. The van der Waals surface area contributed by atoms with Crippen LogP contribution in [0.25, 0.3) is 11.1 Å². The molecule has 0 spiro atoms. The standard InChI is InChI=1S/C30H28BrN3O2/c31-30-26(10-5-11-28(30)24-8-2-1-3-9-24)21-35-27-13-12-25(19-34-15-14-32)29(17-27)36-20-23-7-4-6-22(16-23)18-33/h1-13,16-17,34H,14-15,19-21,32H2. The average molecular weight is 542 g/mol. The Kier molecular flexibility index (Phi) is 9.12. The lowest BCUT2D eigenvalue weighted by Gasteiger charge is -2.16. The van der Waals surface area contributed by atoms with Crippen molar-refractivity contribution in [1.29, 1.82) is 5.26 Å². The second-order valence-electron chi connectivity index (χ2n) is 8.27. The zero-order chi connectivity index (χ0) is 25.2. The molecule has 0 radical (unpaired) electrons. The first-order valence-corrected chi connectivity index (χ1v) is 12.6. The highest BCUT2D eigenvalue weighted by Gasteiger charge is 2.11. The number of hydrogen-bond donors (Lipinski definition) is 2. The van der Waals surface area contributed by atoms with Crippen molar-refractivity contribution in [3.8, 4) is 28.7 Å². The van der Waals surface area contributed by atoms with Gasteiger partial charge in [0.2, 0.25) is 0 Å². The summed E-state index contributed by atoms with van der Waals surface area (Å²) >= 11 is 3.77. The molecule has 0 aliphatic heterocycles. The van der Waals surface area contributed by atoms with Crippen LogP contribution in [-0.4, -0.2) is 13.1 Å². The minimum atomic E-state index is 0.355. The van der Waals surface area contributed by atoms with E-state index in [0.29, 0.717) is 38.4 Å². The largest absolute Gasteiger partial charge is 0.489 e. The fraction of sp³-hybridized carbons (Fsp3) is 0.167. The molecule has 0 saturated carbocycles. The average Bonchev–Trinajstić information content (AvgIpc) is 2.93. The van der Waals surface area contributed by atoms with Crippen LogP contribution in [0.5, 0.6) is 11.5 Å². The second-order valence-corrected chi connectivity index (χ2v) is 9.06. The molecule has 3 N–H and O–H groups in total. The Morgan fingerprint density at radius 2 is 1.67 bits per heavy atom. The van der Waals surface area contributed by atoms with Gasteiger partial charge in [0.25, 0.3) is 0 Å². The van der Waals surface area contributed by atoms with E-state index in [0.717, 1.165) is 43.8 Å². The van der Waals surface area contributed by atoms with E-state index in [9.17, 15) is 5.26 Å². The van der Waals surface area contributed by atoms with E-state index >= 15 is 0 Å². The first-order valence-electron chi connectivity index (χ1n) is 11.8. The van der Waals surface area contributed by atoms with Crippen LogP contribution < -0.4 is 20.5 Å². The van der Waals surface area contributed by atoms with Crippen molar-refractivity contribution in [2.45, 2.75) is 19.8 Å². The SMILES string of the molecule is N#Cc1cccc(COc2cc(OCc3cccc(-c4ccccc4)c3Br)ccc2CNCCN)c1. The third kappa shape index (κ3) is 6.73. The van der Waals surface area contributed by atoms with Crippen LogP contribution in [0.2, 0.25) is 0 Å². The maximum absolute atomic E-state index is 9.17. The lowest BCUT2D eigenvalue weighted by atomic mass is 10.0. The molecule has 4 rings (SSSR count). The molecule has 36 heavy (non-hydrogen) atoms. The van der Waals surface area contributed by atoms with Crippen LogP contribution in [0, 0.1) is 11.3 Å². The molecular weight excluding hydrogens is 514 g/mol. The molecular formula is C30H28BrN3O2. The van der Waals surface area contributed by atoms with Crippen LogP contribution in [-0.2, 0) is 19.8 Å². The molecule has 182 valence electrons. The molecule has 0 saturated heterocycles. The van der Waals surface area contributed by atoms with E-state index in [1.165, 1.54) is 0 Å². The van der Waals surface area contributed by atoms with E-state index in [4.69, 9.17) is 15.2 Å². The molecule has 0 aliphatic carbocycles. The lowest BCUT2D eigenvalue weighted by Crippen LogP contribution is -2.22. The van der Waals surface area contributed by atoms with Gasteiger partial charge in [-0.25, -0.2) is 0 Å². The van der Waals surface area contributed by atoms with Crippen molar-refractivity contribution in [2.75, 3.05) is 13.1 Å². The quantitative estimate of drug-likeness (QED) is 0.221. The fourth-order valence-electron chi connectivity index (χ4n) is 3.81. The van der Waals surface area contributed by atoms with E-state index in [-0.39, 0.29) is 0 Å². The summed E-state index contributed by atoms with van der Waals surface area (Å²) in [5.41, 5.74) is 11.5. The molecule has 0 fully saturated rings. The van der Waals surface area contributed by atoms with E-state index in [1.54, 1.807) is 6.07 Å². The summed E-state index contributed by atoms with van der Waals surface area (Å²) in [5, 5.41) is 12.5. The number of rotatable bonds is 11. The summed E-state index contributed by atoms with van der Waals surface area (Å²) < 4.78 is 13.4. The highest BCUT2D eigenvalue weighted by molar-refractivity contribution is 9.10. The normalized spacial score (nSPS) is 10.6. The molecule has 0 amide bonds. The molecule has 0 atom stereocenters. The Balaban J connectivity index is 1.50. The second kappa shape index (κ2) is 12.9. The first-order chi connectivity index (χ1) is 17.7. The van der Waals surface area contributed by atoms with Gasteiger partial charge in [0.05, 0.1) is 11.6 Å². The topological polar surface area (TPSA) is 80.3 Å². The Morgan fingerprint density at radius 3 is 2.47 bits per heavy atom. The number of nitrogens with zero attached hydrogens (tertiary/aromatic N) is 1. The Hall–Kier alpha value is -3.63. The van der Waals surface area contributed by atoms with Gasteiger partial charge in [0.15, 0.2) is 0 Å². The minimum Gasteiger partial charge on any atom is -0.489 e. The lowest BCUT2D eigenvalue weighted by molar-refractivity contribution is 0.287. The van der Waals surface area contributed by atoms with Crippen molar-refractivity contribution < 1.29 is 9.47 Å². The highest BCUT2D eigenvalue weighted by atomic mass is 79.9. The van der Waals surface area contributed by atoms with Crippen molar-refractivity contribution >= 4 is 15.9 Å². The Labute approximate surface area is 220 Å². The molecule has 5 nitrogen and oxygen atoms in total. The van der Waals surface area contributed by atoms with Crippen LogP contribution in [0.4, 0.5) is 0 Å². The van der Waals surface area contributed by atoms with Gasteiger partial charge >= 0.3 is 0 Å². The van der Waals surface area contributed by atoms with Crippen molar-refractivity contribution in [3.05, 3.63) is 118 Å². The van der Waals surface area contributed by atoms with Crippen molar-refractivity contribution in [3.63, 3.8) is 0 Å². The highest BCUT2D eigenvalue weighted by Crippen LogP contribution is 2.32. The Bertz CT molecular complexity index is 1340. The number of nitriles is 1. The molecule has 0 heterocycles. The molecule has 6 heteroatoms. The first kappa shape index (κ1) is 25.5. The monoisotopic (exact) mass is 541 g/mol. The maximum Gasteiger partial charge on any atom is 0.127 e. The van der Waals surface area contributed by atoms with Crippen molar-refractivity contribution in [1.82, 2.24) is 5.32 Å². The minimum absolute atomic E-state index is 0.355. The zero-order valence-corrected chi connectivity index (χ0v) is 21.5. The van der Waals surface area contributed by atoms with Crippen LogP contribution in [0.15, 0.2) is 95.5 Å². The molecule has 0 bridgehead atoms. The van der Waals surface area contributed by atoms with Gasteiger partial charge in [0, 0.05) is 41.3 Å². The number of nitrogens with two attached hydrogens (primary N) is 1. The van der Waals surface area contributed by atoms with Gasteiger partial charge in [-0.2, -0.15) is 5.26 Å². The Morgan fingerprint density at radius 1 is 0.833 bits per heavy atom. The summed E-state index contributed by atoms with van der Waals surface area (Å²) in [6.07, 6.45) is 0. The van der Waals surface area contributed by atoms with Crippen LogP contribution >= 0.6 is 15.9 Å². The van der Waals surface area contributed by atoms with Gasteiger partial charge in [-0.05, 0) is 50.8 Å². The third-order valence-electron chi connectivity index (χ3n) is 5.68. The van der Waals surface area contributed by atoms with Crippen LogP contribution in [0.3, 0.4) is 0 Å². The van der Waals surface area contributed by atoms with Gasteiger partial charge < -0.3 is 20.5 Å². The molecule has 4 aromatic carbocycles. The molecule has 0 aromatic heterocycles. The van der Waals surface area contributed by atoms with E-state index in [2.05, 4.69) is 51.6 Å². The van der Waals surface area contributed by atoms with Gasteiger partial charge in [-0.15, -0.1) is 0 Å². The van der Waals surface area contributed by atoms with E-state index in [1.807, 2.05) is 60.7 Å². The van der Waals surface area contributed by atoms with Crippen molar-refractivity contribution in [2.24, 2.45) is 5.73 Å². The molecule has 4 aromatic rings. The number of ether oxygens (including phenoxy) is 2. The summed E-state index contributed by atoms with van der Waals surface area (Å²) in [7, 11) is 0. The van der Waals surface area contributed by atoms with Gasteiger partial charge in [-0.3, -0.25) is 0 Å². The summed E-state index contributed by atoms with van der Waals surface area (Å²) in [6.45, 7) is 2.68. The predicted octanol–water partition coefficient (Wildman–Crippen LogP) is 6.19. The third-order valence-corrected chi connectivity index (χ3v) is 6.62. The predicted molar refractivity (Wildman–Crippen MR) is 147 cm³/mol. The zero-order valence-electron chi connectivity index (χ0n) is 19.9. The van der Waals surface area contributed by atoms with Crippen LogP contribution in [0.1, 0.15) is 22.3 Å². The number of benzene rings is 4. The van der Waals surface area contributed by atoms with E-state index < -0.39 is 0 Å². The summed E-state index contributed by atoms with van der Waals surface area (Å²) in [4.78, 5) is 0. The maximum atomic E-state index is 9.17. The summed E-state index contributed by atoms with van der Waals surface area (Å²) in [6, 6.07) is 32.0. The molecule has 0 aliphatic rings. The fourth-order valence-corrected chi connectivity index (χ4v) is 4.42. The summed E-state index contributed by atoms with van der Waals surface area (Å²) in [5.74, 6) is 1.45. The van der Waals surface area contributed by atoms with Gasteiger partial charge in [-0.1, -0.05) is 66.7 Å². The molecule has 0 unspecified atom stereocenters. The number of hydrogen-bond acceptors (Lipinski definition) is 5. The number of nitrogens with one attached hydrogen (secondary N) is 1. The van der Waals surface area contributed by atoms with Gasteiger partial charge in [0.1, 0.15) is 24.7 Å².